The summed E-state index contributed by atoms with van der Waals surface area (Å²) in [6.45, 7) is 12.6. The Morgan fingerprint density at radius 2 is 2.17 bits per heavy atom. The molecule has 0 aromatic heterocycles. The van der Waals surface area contributed by atoms with Gasteiger partial charge in [-0.25, -0.2) is 0 Å². The SMILES string of the molecule is C=C1CC(C(C)CC)C(=C)N1C. The van der Waals surface area contributed by atoms with Gasteiger partial charge in [0, 0.05) is 24.4 Å². The topological polar surface area (TPSA) is 3.24 Å². The zero-order valence-electron chi connectivity index (χ0n) is 8.43. The van der Waals surface area contributed by atoms with Crippen molar-refractivity contribution in [2.75, 3.05) is 7.05 Å². The minimum absolute atomic E-state index is 0.632. The molecule has 1 heterocycles. The lowest BCUT2D eigenvalue weighted by atomic mass is 9.89. The van der Waals surface area contributed by atoms with Crippen LogP contribution in [0.5, 0.6) is 0 Å². The van der Waals surface area contributed by atoms with Crippen LogP contribution in [0.15, 0.2) is 24.6 Å². The molecule has 0 aromatic rings. The van der Waals surface area contributed by atoms with E-state index in [4.69, 9.17) is 0 Å². The van der Waals surface area contributed by atoms with E-state index in [1.54, 1.807) is 0 Å². The molecule has 0 aliphatic carbocycles. The second kappa shape index (κ2) is 3.34. The summed E-state index contributed by atoms with van der Waals surface area (Å²) in [5, 5.41) is 0. The van der Waals surface area contributed by atoms with Crippen LogP contribution in [-0.4, -0.2) is 11.9 Å². The predicted octanol–water partition coefficient (Wildman–Crippen LogP) is 3.01. The first-order chi connectivity index (χ1) is 5.57. The molecule has 1 saturated heterocycles. The van der Waals surface area contributed by atoms with Crippen molar-refractivity contribution in [2.45, 2.75) is 26.7 Å². The normalized spacial score (nSPS) is 26.6. The molecule has 0 amide bonds. The maximum atomic E-state index is 4.10. The largest absolute Gasteiger partial charge is 0.352 e. The van der Waals surface area contributed by atoms with Crippen LogP contribution in [0.2, 0.25) is 0 Å². The fourth-order valence-electron chi connectivity index (χ4n) is 1.77. The number of nitrogens with zero attached hydrogens (tertiary/aromatic N) is 1. The summed E-state index contributed by atoms with van der Waals surface area (Å²) < 4.78 is 0. The second-order valence-electron chi connectivity index (χ2n) is 3.81. The first-order valence-corrected chi connectivity index (χ1v) is 4.68. The number of hydrogen-bond donors (Lipinski definition) is 0. The lowest BCUT2D eigenvalue weighted by Gasteiger charge is -2.19. The minimum atomic E-state index is 0.632. The highest BCUT2D eigenvalue weighted by molar-refractivity contribution is 5.19. The van der Waals surface area contributed by atoms with Gasteiger partial charge in [-0.15, -0.1) is 0 Å². The number of allylic oxidation sites excluding steroid dienone is 2. The maximum Gasteiger partial charge on any atom is 0.0139 e. The number of likely N-dealkylation sites (tertiary alicyclic amines) is 1. The molecule has 12 heavy (non-hydrogen) atoms. The van der Waals surface area contributed by atoms with Gasteiger partial charge in [-0.3, -0.25) is 0 Å². The van der Waals surface area contributed by atoms with Gasteiger partial charge in [0.15, 0.2) is 0 Å². The molecule has 2 unspecified atom stereocenters. The van der Waals surface area contributed by atoms with E-state index in [0.717, 1.165) is 12.3 Å². The Morgan fingerprint density at radius 3 is 2.50 bits per heavy atom. The molecule has 1 heteroatoms. The highest BCUT2D eigenvalue weighted by Crippen LogP contribution is 2.38. The lowest BCUT2D eigenvalue weighted by molar-refractivity contribution is 0.398. The Balaban J connectivity index is 2.71. The van der Waals surface area contributed by atoms with Crippen molar-refractivity contribution in [1.82, 2.24) is 4.90 Å². The third-order valence-corrected chi connectivity index (χ3v) is 3.12. The first kappa shape index (κ1) is 9.37. The van der Waals surface area contributed by atoms with Crippen molar-refractivity contribution in [1.29, 1.82) is 0 Å². The molecule has 2 atom stereocenters. The minimum Gasteiger partial charge on any atom is -0.352 e. The molecule has 0 N–H and O–H groups in total. The van der Waals surface area contributed by atoms with Gasteiger partial charge in [0.1, 0.15) is 0 Å². The van der Waals surface area contributed by atoms with Crippen LogP contribution >= 0.6 is 0 Å². The van der Waals surface area contributed by atoms with E-state index in [0.29, 0.717) is 5.92 Å². The van der Waals surface area contributed by atoms with E-state index in [-0.39, 0.29) is 0 Å². The first-order valence-electron chi connectivity index (χ1n) is 4.68. The third-order valence-electron chi connectivity index (χ3n) is 3.12. The van der Waals surface area contributed by atoms with Gasteiger partial charge >= 0.3 is 0 Å². The molecule has 0 bridgehead atoms. The van der Waals surface area contributed by atoms with Crippen LogP contribution < -0.4 is 0 Å². The van der Waals surface area contributed by atoms with Gasteiger partial charge in [-0.05, 0) is 12.3 Å². The molecule has 1 rings (SSSR count). The van der Waals surface area contributed by atoms with E-state index in [1.165, 1.54) is 17.8 Å². The fourth-order valence-corrected chi connectivity index (χ4v) is 1.77. The predicted molar refractivity (Wildman–Crippen MR) is 53.6 cm³/mol. The Labute approximate surface area is 75.8 Å². The molecule has 0 radical (unpaired) electrons. The molecule has 68 valence electrons. The van der Waals surface area contributed by atoms with Crippen molar-refractivity contribution >= 4 is 0 Å². The zero-order chi connectivity index (χ0) is 9.30. The lowest BCUT2D eigenvalue weighted by Crippen LogP contribution is -2.13. The summed E-state index contributed by atoms with van der Waals surface area (Å²) in [7, 11) is 2.06. The summed E-state index contributed by atoms with van der Waals surface area (Å²) in [5.74, 6) is 1.37. The van der Waals surface area contributed by atoms with Crippen molar-refractivity contribution in [2.24, 2.45) is 11.8 Å². The highest BCUT2D eigenvalue weighted by Gasteiger charge is 2.29. The summed E-state index contributed by atoms with van der Waals surface area (Å²) in [6.07, 6.45) is 2.33. The van der Waals surface area contributed by atoms with Crippen LogP contribution in [0.3, 0.4) is 0 Å². The summed E-state index contributed by atoms with van der Waals surface area (Å²) >= 11 is 0. The van der Waals surface area contributed by atoms with Gasteiger partial charge in [0.25, 0.3) is 0 Å². The average Bonchev–Trinajstić information content (AvgIpc) is 2.32. The Kier molecular flexibility index (Phi) is 2.61. The molecule has 0 aromatic carbocycles. The molecule has 1 nitrogen and oxygen atoms in total. The van der Waals surface area contributed by atoms with E-state index in [9.17, 15) is 0 Å². The van der Waals surface area contributed by atoms with Gasteiger partial charge in [0.2, 0.25) is 0 Å². The standard InChI is InChI=1S/C11H19N/c1-6-8(2)11-7-9(3)12(5)10(11)4/h8,11H,3-4,6-7H2,1-2,5H3. The smallest absolute Gasteiger partial charge is 0.0139 e. The summed E-state index contributed by atoms with van der Waals surface area (Å²) in [6, 6.07) is 0. The highest BCUT2D eigenvalue weighted by atomic mass is 15.1. The molecule has 1 fully saturated rings. The zero-order valence-corrected chi connectivity index (χ0v) is 8.43. The van der Waals surface area contributed by atoms with Crippen LogP contribution in [0, 0.1) is 11.8 Å². The van der Waals surface area contributed by atoms with Gasteiger partial charge in [-0.1, -0.05) is 33.4 Å². The molecule has 1 aliphatic rings. The van der Waals surface area contributed by atoms with E-state index in [2.05, 4.69) is 39.0 Å². The molecular formula is C11H19N. The Morgan fingerprint density at radius 1 is 1.58 bits per heavy atom. The van der Waals surface area contributed by atoms with Crippen molar-refractivity contribution in [3.63, 3.8) is 0 Å². The Hall–Kier alpha value is -0.720. The van der Waals surface area contributed by atoms with Crippen LogP contribution in [0.1, 0.15) is 26.7 Å². The van der Waals surface area contributed by atoms with E-state index in [1.807, 2.05) is 0 Å². The molecule has 0 saturated carbocycles. The quantitative estimate of drug-likeness (QED) is 0.608. The van der Waals surface area contributed by atoms with Crippen molar-refractivity contribution < 1.29 is 0 Å². The maximum absolute atomic E-state index is 4.10. The second-order valence-corrected chi connectivity index (χ2v) is 3.81. The monoisotopic (exact) mass is 165 g/mol. The summed E-state index contributed by atoms with van der Waals surface area (Å²) in [4.78, 5) is 2.14. The number of rotatable bonds is 2. The molecule has 1 aliphatic heterocycles. The van der Waals surface area contributed by atoms with Crippen LogP contribution in [-0.2, 0) is 0 Å². The van der Waals surface area contributed by atoms with E-state index < -0.39 is 0 Å². The van der Waals surface area contributed by atoms with Crippen molar-refractivity contribution in [3.8, 4) is 0 Å². The van der Waals surface area contributed by atoms with Gasteiger partial charge in [0.05, 0.1) is 0 Å². The molecular weight excluding hydrogens is 146 g/mol. The van der Waals surface area contributed by atoms with Gasteiger partial charge < -0.3 is 4.90 Å². The fraction of sp³-hybridized carbons (Fsp3) is 0.636. The molecule has 0 spiro atoms. The third kappa shape index (κ3) is 1.40. The average molecular weight is 165 g/mol. The van der Waals surface area contributed by atoms with Crippen LogP contribution in [0.25, 0.3) is 0 Å². The van der Waals surface area contributed by atoms with Crippen LogP contribution in [0.4, 0.5) is 0 Å². The Bertz CT molecular complexity index is 205. The van der Waals surface area contributed by atoms with E-state index >= 15 is 0 Å². The summed E-state index contributed by atoms with van der Waals surface area (Å²) in [5.41, 5.74) is 2.46. The van der Waals surface area contributed by atoms with Gasteiger partial charge in [-0.2, -0.15) is 0 Å². The number of hydrogen-bond acceptors (Lipinski definition) is 1. The van der Waals surface area contributed by atoms with Crippen molar-refractivity contribution in [3.05, 3.63) is 24.6 Å².